The predicted molar refractivity (Wildman–Crippen MR) is 163 cm³/mol. The summed E-state index contributed by atoms with van der Waals surface area (Å²) in [4.78, 5) is 48.6. The second-order valence-corrected chi connectivity index (χ2v) is 11.5. The van der Waals surface area contributed by atoms with Crippen molar-refractivity contribution in [2.24, 2.45) is 4.99 Å². The Morgan fingerprint density at radius 1 is 1.07 bits per heavy atom. The lowest BCUT2D eigenvalue weighted by atomic mass is 9.95. The van der Waals surface area contributed by atoms with Crippen LogP contribution in [0.5, 0.6) is 5.75 Å². The van der Waals surface area contributed by atoms with E-state index in [4.69, 9.17) is 9.73 Å². The molecule has 3 aromatic carbocycles. The van der Waals surface area contributed by atoms with Crippen LogP contribution in [0.2, 0.25) is 0 Å². The molecule has 0 aliphatic carbocycles. The van der Waals surface area contributed by atoms with E-state index in [1.807, 2.05) is 61.5 Å². The number of thiazole rings is 1. The van der Waals surface area contributed by atoms with Crippen LogP contribution in [0.25, 0.3) is 5.57 Å². The number of anilines is 2. The zero-order valence-corrected chi connectivity index (χ0v) is 24.9. The Labute approximate surface area is 248 Å². The first-order chi connectivity index (χ1) is 19.8. The summed E-state index contributed by atoms with van der Waals surface area (Å²) in [5.41, 5.74) is 3.53. The zero-order chi connectivity index (χ0) is 28.8. The summed E-state index contributed by atoms with van der Waals surface area (Å²) < 4.78 is 8.09. The minimum atomic E-state index is -0.792. The largest absolute Gasteiger partial charge is 0.497 e. The normalized spacial score (nSPS) is 17.2. The first-order valence-corrected chi connectivity index (χ1v) is 14.6. The molecule has 2 aliphatic heterocycles. The van der Waals surface area contributed by atoms with Crippen LogP contribution in [-0.2, 0) is 9.59 Å². The minimum absolute atomic E-state index is 0.235. The van der Waals surface area contributed by atoms with Crippen molar-refractivity contribution in [3.8, 4) is 5.75 Å². The molecule has 41 heavy (non-hydrogen) atoms. The number of ether oxygens (including phenoxy) is 1. The maximum Gasteiger partial charge on any atom is 0.271 e. The Morgan fingerprint density at radius 2 is 1.85 bits per heavy atom. The molecule has 4 aromatic rings. The van der Waals surface area contributed by atoms with Crippen molar-refractivity contribution in [1.82, 2.24) is 4.57 Å². The highest BCUT2D eigenvalue weighted by molar-refractivity contribution is 9.10. The number of allylic oxidation sites excluding steroid dienone is 1. The maximum absolute atomic E-state index is 14.3. The molecular formula is C31H25BrN4O4S. The maximum atomic E-state index is 14.3. The first-order valence-electron chi connectivity index (χ1n) is 13.0. The van der Waals surface area contributed by atoms with Crippen molar-refractivity contribution >= 4 is 56.0 Å². The third kappa shape index (κ3) is 4.53. The number of benzene rings is 3. The number of halogens is 1. The Bertz CT molecular complexity index is 1940. The molecule has 2 amide bonds. The van der Waals surface area contributed by atoms with E-state index in [9.17, 15) is 14.4 Å². The van der Waals surface area contributed by atoms with Crippen LogP contribution in [0.1, 0.15) is 31.0 Å². The van der Waals surface area contributed by atoms with Gasteiger partial charge in [0, 0.05) is 22.3 Å². The van der Waals surface area contributed by atoms with E-state index in [0.29, 0.717) is 50.8 Å². The summed E-state index contributed by atoms with van der Waals surface area (Å²) in [7, 11) is 1.57. The molecule has 0 fully saturated rings. The average molecular weight is 630 g/mol. The highest BCUT2D eigenvalue weighted by atomic mass is 79.9. The molecule has 8 nitrogen and oxygen atoms in total. The molecule has 0 radical (unpaired) electrons. The first kappa shape index (κ1) is 26.9. The van der Waals surface area contributed by atoms with Gasteiger partial charge >= 0.3 is 0 Å². The topological polar surface area (TPSA) is 93.0 Å². The van der Waals surface area contributed by atoms with E-state index in [1.165, 1.54) is 4.57 Å². The van der Waals surface area contributed by atoms with Crippen molar-refractivity contribution in [3.63, 3.8) is 0 Å². The number of likely N-dealkylation sites (N-methyl/N-ethyl adjacent to an activating group) is 1. The second-order valence-electron chi connectivity index (χ2n) is 9.58. The van der Waals surface area contributed by atoms with Gasteiger partial charge in [-0.05, 0) is 61.9 Å². The monoisotopic (exact) mass is 628 g/mol. The molecule has 0 spiro atoms. The lowest BCUT2D eigenvalue weighted by molar-refractivity contribution is -0.114. The molecule has 0 saturated heterocycles. The van der Waals surface area contributed by atoms with Crippen LogP contribution in [0.4, 0.5) is 11.4 Å². The number of hydrogen-bond donors (Lipinski definition) is 1. The fourth-order valence-electron chi connectivity index (χ4n) is 5.35. The molecule has 10 heteroatoms. The number of methoxy groups -OCH3 is 1. The molecule has 1 aromatic heterocycles. The van der Waals surface area contributed by atoms with E-state index in [2.05, 4.69) is 21.2 Å². The van der Waals surface area contributed by atoms with Gasteiger partial charge in [0.25, 0.3) is 17.4 Å². The molecule has 206 valence electrons. The zero-order valence-electron chi connectivity index (χ0n) is 22.5. The molecule has 0 bridgehead atoms. The third-order valence-corrected chi connectivity index (χ3v) is 8.75. The fraction of sp³-hybridized carbons (Fsp3) is 0.161. The van der Waals surface area contributed by atoms with Crippen molar-refractivity contribution < 1.29 is 14.3 Å². The van der Waals surface area contributed by atoms with Crippen LogP contribution < -0.4 is 29.8 Å². The number of fused-ring (bicyclic) bond motifs is 2. The Hall–Kier alpha value is -4.28. The number of carbonyl (C=O) groups excluding carboxylic acids is 2. The van der Waals surface area contributed by atoms with Crippen LogP contribution in [-0.4, -0.2) is 30.0 Å². The van der Waals surface area contributed by atoms with Gasteiger partial charge in [0.1, 0.15) is 10.3 Å². The van der Waals surface area contributed by atoms with E-state index in [1.54, 1.807) is 37.1 Å². The van der Waals surface area contributed by atoms with Gasteiger partial charge < -0.3 is 15.0 Å². The number of carbonyl (C=O) groups is 2. The van der Waals surface area contributed by atoms with Crippen molar-refractivity contribution in [2.45, 2.75) is 19.9 Å². The molecule has 2 aliphatic rings. The van der Waals surface area contributed by atoms with Gasteiger partial charge in [-0.2, -0.15) is 0 Å². The predicted octanol–water partition coefficient (Wildman–Crippen LogP) is 4.38. The Balaban J connectivity index is 1.61. The summed E-state index contributed by atoms with van der Waals surface area (Å²) in [5.74, 6) is -0.0126. The Morgan fingerprint density at radius 3 is 2.59 bits per heavy atom. The van der Waals surface area contributed by atoms with Gasteiger partial charge in [-0.15, -0.1) is 0 Å². The fourth-order valence-corrected chi connectivity index (χ4v) is 6.84. The summed E-state index contributed by atoms with van der Waals surface area (Å²) >= 11 is 4.67. The standard InChI is InChI=1S/C31H25BrN4O4S/c1-4-35-23-14-13-19(32)16-22(23)25(29(35)38)27-30(39)36-26(18-9-8-12-21(15-18)40-3)24(17(2)33-31(36)41-27)28(37)34-20-10-6-5-7-11-20/h5-16,26H,4H2,1-3H3,(H,34,37)/b27-25+/t26-/m0/s1. The van der Waals surface area contributed by atoms with Crippen molar-refractivity contribution in [1.29, 1.82) is 0 Å². The van der Waals surface area contributed by atoms with E-state index in [-0.39, 0.29) is 21.9 Å². The summed E-state index contributed by atoms with van der Waals surface area (Å²) in [6, 6.07) is 21.2. The number of hydrogen-bond acceptors (Lipinski definition) is 6. The number of para-hydroxylation sites is 1. The summed E-state index contributed by atoms with van der Waals surface area (Å²) in [6.45, 7) is 4.13. The number of nitrogens with zero attached hydrogens (tertiary/aromatic N) is 3. The lowest BCUT2D eigenvalue weighted by Gasteiger charge is -2.25. The SMILES string of the molecule is CCN1C(=O)/C(=c2/sc3n(c2=O)[C@@H](c2cccc(OC)c2)C(C(=O)Nc2ccccc2)=C(C)N=3)c2cc(Br)ccc21. The highest BCUT2D eigenvalue weighted by Gasteiger charge is 2.37. The van der Waals surface area contributed by atoms with Crippen LogP contribution in [0.3, 0.4) is 0 Å². The molecule has 1 N–H and O–H groups in total. The molecule has 6 rings (SSSR count). The van der Waals surface area contributed by atoms with Crippen molar-refractivity contribution in [3.05, 3.63) is 119 Å². The van der Waals surface area contributed by atoms with Gasteiger partial charge in [0.2, 0.25) is 0 Å². The quantitative estimate of drug-likeness (QED) is 0.355. The summed E-state index contributed by atoms with van der Waals surface area (Å²) in [5, 5.41) is 2.95. The van der Waals surface area contributed by atoms with Crippen LogP contribution in [0.15, 0.2) is 98.3 Å². The third-order valence-electron chi connectivity index (χ3n) is 7.20. The molecule has 0 saturated carbocycles. The van der Waals surface area contributed by atoms with E-state index < -0.39 is 6.04 Å². The van der Waals surface area contributed by atoms with Gasteiger partial charge in [0.05, 0.1) is 35.7 Å². The molecule has 3 heterocycles. The molecular weight excluding hydrogens is 604 g/mol. The molecule has 1 atom stereocenters. The van der Waals surface area contributed by atoms with E-state index in [0.717, 1.165) is 21.5 Å². The Kier molecular flexibility index (Phi) is 6.96. The number of nitrogens with one attached hydrogen (secondary N) is 1. The van der Waals surface area contributed by atoms with Crippen molar-refractivity contribution in [2.75, 3.05) is 23.9 Å². The number of amides is 2. The van der Waals surface area contributed by atoms with Crippen LogP contribution >= 0.6 is 27.3 Å². The van der Waals surface area contributed by atoms with Gasteiger partial charge in [-0.3, -0.25) is 19.0 Å². The summed E-state index contributed by atoms with van der Waals surface area (Å²) in [6.07, 6.45) is 0. The van der Waals surface area contributed by atoms with E-state index >= 15 is 0 Å². The molecule has 0 unspecified atom stereocenters. The number of rotatable bonds is 5. The van der Waals surface area contributed by atoms with Gasteiger partial charge in [-0.1, -0.05) is 57.6 Å². The van der Waals surface area contributed by atoms with Gasteiger partial charge in [-0.25, -0.2) is 4.99 Å². The van der Waals surface area contributed by atoms with Crippen LogP contribution in [0, 0.1) is 0 Å². The smallest absolute Gasteiger partial charge is 0.271 e. The average Bonchev–Trinajstić information content (AvgIpc) is 3.43. The van der Waals surface area contributed by atoms with Gasteiger partial charge in [0.15, 0.2) is 4.80 Å². The second kappa shape index (κ2) is 10.6. The number of aromatic nitrogens is 1. The lowest BCUT2D eigenvalue weighted by Crippen LogP contribution is -2.41. The minimum Gasteiger partial charge on any atom is -0.497 e. The highest BCUT2D eigenvalue weighted by Crippen LogP contribution is 2.37.